The molecular formula is C19H20N2O2. The second kappa shape index (κ2) is 7.09. The predicted molar refractivity (Wildman–Crippen MR) is 88.9 cm³/mol. The molecule has 1 aliphatic rings. The van der Waals surface area contributed by atoms with E-state index in [2.05, 4.69) is 5.32 Å². The summed E-state index contributed by atoms with van der Waals surface area (Å²) >= 11 is 0. The van der Waals surface area contributed by atoms with Gasteiger partial charge in [-0.25, -0.2) is 0 Å². The molecule has 3 rings (SSSR count). The lowest BCUT2D eigenvalue weighted by Gasteiger charge is -2.28. The van der Waals surface area contributed by atoms with Crippen LogP contribution >= 0.6 is 0 Å². The van der Waals surface area contributed by atoms with Crippen molar-refractivity contribution in [2.24, 2.45) is 0 Å². The van der Waals surface area contributed by atoms with Gasteiger partial charge in [0, 0.05) is 25.4 Å². The average Bonchev–Trinajstić information content (AvgIpc) is 2.61. The quantitative estimate of drug-likeness (QED) is 0.941. The Hall–Kier alpha value is -2.62. The highest BCUT2D eigenvalue weighted by Crippen LogP contribution is 2.28. The lowest BCUT2D eigenvalue weighted by Crippen LogP contribution is -2.50. The fourth-order valence-electron chi connectivity index (χ4n) is 2.95. The van der Waals surface area contributed by atoms with Crippen molar-refractivity contribution in [3.8, 4) is 0 Å². The van der Waals surface area contributed by atoms with Gasteiger partial charge in [-0.2, -0.15) is 0 Å². The number of amides is 2. The summed E-state index contributed by atoms with van der Waals surface area (Å²) < 4.78 is 0. The molecule has 1 aliphatic heterocycles. The van der Waals surface area contributed by atoms with Crippen LogP contribution in [0.5, 0.6) is 0 Å². The molecule has 118 valence electrons. The van der Waals surface area contributed by atoms with Crippen LogP contribution in [-0.2, 0) is 9.59 Å². The van der Waals surface area contributed by atoms with Crippen LogP contribution in [0.3, 0.4) is 0 Å². The Bertz CT molecular complexity index is 631. The minimum Gasteiger partial charge on any atom is -0.353 e. The number of rotatable bonds is 4. The van der Waals surface area contributed by atoms with E-state index in [9.17, 15) is 9.59 Å². The Morgan fingerprint density at radius 1 is 1.00 bits per heavy atom. The van der Waals surface area contributed by atoms with E-state index in [1.54, 1.807) is 4.90 Å². The van der Waals surface area contributed by atoms with Crippen molar-refractivity contribution in [1.29, 1.82) is 0 Å². The molecule has 4 heteroatoms. The molecule has 1 heterocycles. The largest absolute Gasteiger partial charge is 0.353 e. The van der Waals surface area contributed by atoms with Gasteiger partial charge in [0.15, 0.2) is 0 Å². The molecule has 0 aliphatic carbocycles. The van der Waals surface area contributed by atoms with Gasteiger partial charge in [0.2, 0.25) is 11.8 Å². The third-order valence-corrected chi connectivity index (χ3v) is 4.17. The summed E-state index contributed by atoms with van der Waals surface area (Å²) in [7, 11) is 0. The van der Waals surface area contributed by atoms with E-state index in [0.717, 1.165) is 11.1 Å². The van der Waals surface area contributed by atoms with Gasteiger partial charge in [-0.05, 0) is 11.1 Å². The van der Waals surface area contributed by atoms with Crippen molar-refractivity contribution in [1.82, 2.24) is 10.2 Å². The minimum absolute atomic E-state index is 0.00916. The molecule has 2 aromatic rings. The Morgan fingerprint density at radius 2 is 1.57 bits per heavy atom. The molecule has 0 saturated carbocycles. The maximum absolute atomic E-state index is 12.6. The van der Waals surface area contributed by atoms with Crippen LogP contribution in [0.4, 0.5) is 0 Å². The topological polar surface area (TPSA) is 49.4 Å². The summed E-state index contributed by atoms with van der Waals surface area (Å²) in [6.45, 7) is 1.28. The maximum Gasteiger partial charge on any atom is 0.239 e. The molecule has 1 fully saturated rings. The molecule has 1 saturated heterocycles. The molecule has 23 heavy (non-hydrogen) atoms. The number of carbonyl (C=O) groups is 2. The predicted octanol–water partition coefficient (Wildman–Crippen LogP) is 2.17. The van der Waals surface area contributed by atoms with Crippen LogP contribution in [0.2, 0.25) is 0 Å². The summed E-state index contributed by atoms with van der Waals surface area (Å²) in [6.07, 6.45) is 0.376. The van der Waals surface area contributed by atoms with E-state index >= 15 is 0 Å². The number of carbonyl (C=O) groups excluding carboxylic acids is 2. The first kappa shape index (κ1) is 15.3. The molecular weight excluding hydrogens is 288 g/mol. The molecule has 2 aromatic carbocycles. The number of nitrogens with one attached hydrogen (secondary N) is 1. The first-order valence-electron chi connectivity index (χ1n) is 7.88. The molecule has 0 atom stereocenters. The van der Waals surface area contributed by atoms with Crippen molar-refractivity contribution in [3.63, 3.8) is 0 Å². The number of piperazine rings is 1. The SMILES string of the molecule is O=C1CN(C(=O)CC(c2ccccc2)c2ccccc2)CCN1. The van der Waals surface area contributed by atoms with Gasteiger partial charge < -0.3 is 10.2 Å². The smallest absolute Gasteiger partial charge is 0.239 e. The third kappa shape index (κ3) is 3.77. The molecule has 0 aromatic heterocycles. The minimum atomic E-state index is -0.0828. The first-order valence-corrected chi connectivity index (χ1v) is 7.88. The highest BCUT2D eigenvalue weighted by Gasteiger charge is 2.25. The van der Waals surface area contributed by atoms with Gasteiger partial charge in [0.1, 0.15) is 0 Å². The van der Waals surface area contributed by atoms with E-state index in [1.807, 2.05) is 60.7 Å². The summed E-state index contributed by atoms with van der Waals surface area (Å²) in [5, 5.41) is 2.75. The maximum atomic E-state index is 12.6. The second-order valence-corrected chi connectivity index (χ2v) is 5.74. The van der Waals surface area contributed by atoms with Crippen LogP contribution in [0, 0.1) is 0 Å². The molecule has 0 bridgehead atoms. The number of nitrogens with zero attached hydrogens (tertiary/aromatic N) is 1. The second-order valence-electron chi connectivity index (χ2n) is 5.74. The third-order valence-electron chi connectivity index (χ3n) is 4.17. The van der Waals surface area contributed by atoms with E-state index in [-0.39, 0.29) is 24.3 Å². The van der Waals surface area contributed by atoms with Crippen molar-refractivity contribution < 1.29 is 9.59 Å². The molecule has 4 nitrogen and oxygen atoms in total. The van der Waals surface area contributed by atoms with Gasteiger partial charge in [-0.15, -0.1) is 0 Å². The van der Waals surface area contributed by atoms with Crippen LogP contribution in [0.15, 0.2) is 60.7 Å². The van der Waals surface area contributed by atoms with Crippen LogP contribution < -0.4 is 5.32 Å². The first-order chi connectivity index (χ1) is 11.2. The summed E-state index contributed by atoms with van der Waals surface area (Å²) in [5.41, 5.74) is 2.24. The zero-order valence-electron chi connectivity index (χ0n) is 12.9. The normalized spacial score (nSPS) is 14.7. The molecule has 2 amide bonds. The van der Waals surface area contributed by atoms with Gasteiger partial charge in [0.25, 0.3) is 0 Å². The summed E-state index contributed by atoms with van der Waals surface area (Å²) in [5.74, 6) is -0.0481. The summed E-state index contributed by atoms with van der Waals surface area (Å²) in [6, 6.07) is 20.1. The van der Waals surface area contributed by atoms with Gasteiger partial charge in [-0.3, -0.25) is 9.59 Å². The Morgan fingerprint density at radius 3 is 2.09 bits per heavy atom. The standard InChI is InChI=1S/C19H20N2O2/c22-18-14-21(12-11-20-18)19(23)13-17(15-7-3-1-4-8-15)16-9-5-2-6-10-16/h1-10,17H,11-14H2,(H,20,22). The van der Waals surface area contributed by atoms with E-state index in [4.69, 9.17) is 0 Å². The van der Waals surface area contributed by atoms with E-state index < -0.39 is 0 Å². The van der Waals surface area contributed by atoms with Crippen LogP contribution in [0.1, 0.15) is 23.5 Å². The van der Waals surface area contributed by atoms with Crippen molar-refractivity contribution in [2.75, 3.05) is 19.6 Å². The highest BCUT2D eigenvalue weighted by atomic mass is 16.2. The fourth-order valence-corrected chi connectivity index (χ4v) is 2.95. The lowest BCUT2D eigenvalue weighted by atomic mass is 9.88. The Kier molecular flexibility index (Phi) is 4.71. The van der Waals surface area contributed by atoms with Crippen LogP contribution in [0.25, 0.3) is 0 Å². The Labute approximate surface area is 136 Å². The van der Waals surface area contributed by atoms with Gasteiger partial charge in [-0.1, -0.05) is 60.7 Å². The number of benzene rings is 2. The Balaban J connectivity index is 1.82. The van der Waals surface area contributed by atoms with Gasteiger partial charge in [0.05, 0.1) is 6.54 Å². The number of hydrogen-bond donors (Lipinski definition) is 1. The van der Waals surface area contributed by atoms with Crippen LogP contribution in [-0.4, -0.2) is 36.3 Å². The molecule has 0 radical (unpaired) electrons. The van der Waals surface area contributed by atoms with Crippen molar-refractivity contribution in [2.45, 2.75) is 12.3 Å². The molecule has 1 N–H and O–H groups in total. The zero-order chi connectivity index (χ0) is 16.1. The van der Waals surface area contributed by atoms with Gasteiger partial charge >= 0.3 is 0 Å². The monoisotopic (exact) mass is 308 g/mol. The highest BCUT2D eigenvalue weighted by molar-refractivity contribution is 5.86. The molecule has 0 spiro atoms. The zero-order valence-corrected chi connectivity index (χ0v) is 12.9. The summed E-state index contributed by atoms with van der Waals surface area (Å²) in [4.78, 5) is 25.8. The van der Waals surface area contributed by atoms with E-state index in [0.29, 0.717) is 19.5 Å². The lowest BCUT2D eigenvalue weighted by molar-refractivity contribution is -0.138. The van der Waals surface area contributed by atoms with Crippen molar-refractivity contribution >= 4 is 11.8 Å². The van der Waals surface area contributed by atoms with E-state index in [1.165, 1.54) is 0 Å². The van der Waals surface area contributed by atoms with Crippen molar-refractivity contribution in [3.05, 3.63) is 71.8 Å². The fraction of sp³-hybridized carbons (Fsp3) is 0.263. The number of hydrogen-bond acceptors (Lipinski definition) is 2. The molecule has 0 unspecified atom stereocenters. The average molecular weight is 308 g/mol.